The number of hydrogen-bond donors (Lipinski definition) is 0. The largest absolute Gasteiger partial charge is 0.298 e. The smallest absolute Gasteiger partial charge is 0.150 e. The quantitative estimate of drug-likeness (QED) is 0.478. The first kappa shape index (κ1) is 13.9. The highest BCUT2D eigenvalue weighted by molar-refractivity contribution is 7.25. The van der Waals surface area contributed by atoms with Crippen LogP contribution in [0, 0.1) is 0 Å². The molecule has 2 nitrogen and oxygen atoms in total. The van der Waals surface area contributed by atoms with Crippen LogP contribution in [0.3, 0.4) is 0 Å². The van der Waals surface area contributed by atoms with Crippen molar-refractivity contribution in [2.24, 2.45) is 0 Å². The van der Waals surface area contributed by atoms with Gasteiger partial charge in [0.05, 0.1) is 0 Å². The molecule has 0 radical (unpaired) electrons. The molecule has 0 saturated carbocycles. The Hall–Kier alpha value is -2.78. The van der Waals surface area contributed by atoms with E-state index in [4.69, 9.17) is 0 Å². The maximum atomic E-state index is 11.6. The SMILES string of the molecule is O=Cc1ccccc1-c1cc2sc3ccccc3c2cc1C=O. The molecule has 3 heteroatoms. The van der Waals surface area contributed by atoms with Gasteiger partial charge in [0.15, 0.2) is 12.6 Å². The fourth-order valence-corrected chi connectivity index (χ4v) is 4.09. The van der Waals surface area contributed by atoms with Crippen LogP contribution in [0.25, 0.3) is 31.3 Å². The molecule has 0 aliphatic carbocycles. The molecule has 4 aromatic rings. The van der Waals surface area contributed by atoms with Gasteiger partial charge in [0, 0.05) is 31.3 Å². The van der Waals surface area contributed by atoms with Crippen LogP contribution in [0.5, 0.6) is 0 Å². The Morgan fingerprint density at radius 3 is 2.22 bits per heavy atom. The predicted octanol–water partition coefficient (Wildman–Crippen LogP) is 5.35. The van der Waals surface area contributed by atoms with Crippen molar-refractivity contribution in [2.45, 2.75) is 0 Å². The average molecular weight is 316 g/mol. The van der Waals surface area contributed by atoms with E-state index in [1.165, 1.54) is 4.70 Å². The van der Waals surface area contributed by atoms with Gasteiger partial charge in [-0.05, 0) is 29.3 Å². The maximum absolute atomic E-state index is 11.6. The lowest BCUT2D eigenvalue weighted by molar-refractivity contribution is 0.111. The lowest BCUT2D eigenvalue weighted by Crippen LogP contribution is -1.92. The van der Waals surface area contributed by atoms with E-state index < -0.39 is 0 Å². The molecule has 4 rings (SSSR count). The zero-order valence-electron chi connectivity index (χ0n) is 12.2. The second-order valence-electron chi connectivity index (χ2n) is 5.36. The summed E-state index contributed by atoms with van der Waals surface area (Å²) in [5.74, 6) is 0. The number of aldehydes is 2. The molecule has 0 bridgehead atoms. The summed E-state index contributed by atoms with van der Waals surface area (Å²) in [7, 11) is 0. The Bertz CT molecular complexity index is 1060. The Labute approximate surface area is 137 Å². The van der Waals surface area contributed by atoms with Crippen molar-refractivity contribution in [3.63, 3.8) is 0 Å². The van der Waals surface area contributed by atoms with Crippen molar-refractivity contribution in [1.29, 1.82) is 0 Å². The average Bonchev–Trinajstić information content (AvgIpc) is 2.98. The summed E-state index contributed by atoms with van der Waals surface area (Å²) in [6, 6.07) is 19.5. The first-order chi connectivity index (χ1) is 11.3. The number of hydrogen-bond acceptors (Lipinski definition) is 3. The number of benzene rings is 3. The molecule has 23 heavy (non-hydrogen) atoms. The molecular formula is C20H12O2S. The number of fused-ring (bicyclic) bond motifs is 3. The molecule has 0 unspecified atom stereocenters. The van der Waals surface area contributed by atoms with E-state index in [2.05, 4.69) is 12.1 Å². The number of rotatable bonds is 3. The molecule has 0 fully saturated rings. The van der Waals surface area contributed by atoms with Gasteiger partial charge >= 0.3 is 0 Å². The Balaban J connectivity index is 2.09. The van der Waals surface area contributed by atoms with Crippen LogP contribution in [0.1, 0.15) is 20.7 Å². The van der Waals surface area contributed by atoms with E-state index in [0.29, 0.717) is 11.1 Å². The highest BCUT2D eigenvalue weighted by atomic mass is 32.1. The minimum Gasteiger partial charge on any atom is -0.298 e. The third kappa shape index (κ3) is 2.17. The van der Waals surface area contributed by atoms with Gasteiger partial charge in [-0.2, -0.15) is 0 Å². The Morgan fingerprint density at radius 2 is 1.39 bits per heavy atom. The number of carbonyl (C=O) groups is 2. The van der Waals surface area contributed by atoms with E-state index in [1.54, 1.807) is 17.4 Å². The van der Waals surface area contributed by atoms with Gasteiger partial charge in [0.2, 0.25) is 0 Å². The highest BCUT2D eigenvalue weighted by Gasteiger charge is 2.13. The van der Waals surface area contributed by atoms with Crippen molar-refractivity contribution < 1.29 is 9.59 Å². The van der Waals surface area contributed by atoms with Crippen molar-refractivity contribution in [3.05, 3.63) is 71.8 Å². The minimum atomic E-state index is 0.594. The standard InChI is InChI=1S/C20H12O2S/c21-11-13-5-1-2-6-15(13)17-10-20-18(9-14(17)12-22)16-7-3-4-8-19(16)23-20/h1-12H. The predicted molar refractivity (Wildman–Crippen MR) is 95.5 cm³/mol. The third-order valence-electron chi connectivity index (χ3n) is 4.05. The fraction of sp³-hybridized carbons (Fsp3) is 0. The van der Waals surface area contributed by atoms with Crippen LogP contribution >= 0.6 is 11.3 Å². The Morgan fingerprint density at radius 1 is 0.652 bits per heavy atom. The molecule has 3 aromatic carbocycles. The second kappa shape index (κ2) is 5.45. The summed E-state index contributed by atoms with van der Waals surface area (Å²) < 4.78 is 2.31. The van der Waals surface area contributed by atoms with Gasteiger partial charge in [-0.15, -0.1) is 11.3 Å². The van der Waals surface area contributed by atoms with Crippen LogP contribution in [-0.4, -0.2) is 12.6 Å². The third-order valence-corrected chi connectivity index (χ3v) is 5.19. The van der Waals surface area contributed by atoms with Crippen molar-refractivity contribution >= 4 is 44.1 Å². The van der Waals surface area contributed by atoms with Gasteiger partial charge in [0.1, 0.15) is 0 Å². The summed E-state index contributed by atoms with van der Waals surface area (Å²) in [5, 5.41) is 2.24. The van der Waals surface area contributed by atoms with Gasteiger partial charge in [0.25, 0.3) is 0 Å². The van der Waals surface area contributed by atoms with Crippen LogP contribution < -0.4 is 0 Å². The molecule has 0 aliphatic rings. The summed E-state index contributed by atoms with van der Waals surface area (Å²) in [6.45, 7) is 0. The summed E-state index contributed by atoms with van der Waals surface area (Å²) in [6.07, 6.45) is 1.70. The number of carbonyl (C=O) groups excluding carboxylic acids is 2. The zero-order chi connectivity index (χ0) is 15.8. The molecule has 1 heterocycles. The van der Waals surface area contributed by atoms with Crippen LogP contribution in [0.2, 0.25) is 0 Å². The zero-order valence-corrected chi connectivity index (χ0v) is 13.0. The summed E-state index contributed by atoms with van der Waals surface area (Å²) >= 11 is 1.70. The van der Waals surface area contributed by atoms with Crippen molar-refractivity contribution in [1.82, 2.24) is 0 Å². The van der Waals surface area contributed by atoms with E-state index in [-0.39, 0.29) is 0 Å². The number of thiophene rings is 1. The van der Waals surface area contributed by atoms with Crippen molar-refractivity contribution in [2.75, 3.05) is 0 Å². The summed E-state index contributed by atoms with van der Waals surface area (Å²) in [5.41, 5.74) is 2.80. The topological polar surface area (TPSA) is 34.1 Å². The van der Waals surface area contributed by atoms with Crippen LogP contribution in [-0.2, 0) is 0 Å². The minimum absolute atomic E-state index is 0.594. The van der Waals surface area contributed by atoms with Crippen molar-refractivity contribution in [3.8, 4) is 11.1 Å². The molecule has 0 spiro atoms. The first-order valence-corrected chi connectivity index (χ1v) is 8.08. The van der Waals surface area contributed by atoms with Gasteiger partial charge in [-0.3, -0.25) is 9.59 Å². The van der Waals surface area contributed by atoms with Gasteiger partial charge < -0.3 is 0 Å². The molecule has 0 saturated heterocycles. The van der Waals surface area contributed by atoms with Gasteiger partial charge in [-0.1, -0.05) is 42.5 Å². The first-order valence-electron chi connectivity index (χ1n) is 7.27. The maximum Gasteiger partial charge on any atom is 0.150 e. The molecule has 1 aromatic heterocycles. The fourth-order valence-electron chi connectivity index (χ4n) is 2.96. The van der Waals surface area contributed by atoms with Gasteiger partial charge in [-0.25, -0.2) is 0 Å². The lowest BCUT2D eigenvalue weighted by atomic mass is 9.95. The molecule has 110 valence electrons. The normalized spacial score (nSPS) is 11.0. The van der Waals surface area contributed by atoms with Crippen LogP contribution in [0.4, 0.5) is 0 Å². The van der Waals surface area contributed by atoms with E-state index >= 15 is 0 Å². The molecule has 0 amide bonds. The Kier molecular flexibility index (Phi) is 3.28. The van der Waals surface area contributed by atoms with E-state index in [0.717, 1.165) is 39.2 Å². The lowest BCUT2D eigenvalue weighted by Gasteiger charge is -2.08. The second-order valence-corrected chi connectivity index (χ2v) is 6.44. The molecule has 0 aliphatic heterocycles. The van der Waals surface area contributed by atoms with Crippen LogP contribution in [0.15, 0.2) is 60.7 Å². The van der Waals surface area contributed by atoms with E-state index in [1.807, 2.05) is 42.5 Å². The highest BCUT2D eigenvalue weighted by Crippen LogP contribution is 2.38. The molecule has 0 atom stereocenters. The molecular weight excluding hydrogens is 304 g/mol. The molecule has 0 N–H and O–H groups in total. The summed E-state index contributed by atoms with van der Waals surface area (Å²) in [4.78, 5) is 22.9. The monoisotopic (exact) mass is 316 g/mol. The van der Waals surface area contributed by atoms with E-state index in [9.17, 15) is 9.59 Å².